The van der Waals surface area contributed by atoms with E-state index in [2.05, 4.69) is 15.0 Å². The highest BCUT2D eigenvalue weighted by atomic mass is 19.3. The highest BCUT2D eigenvalue weighted by Crippen LogP contribution is 2.29. The third-order valence-electron chi connectivity index (χ3n) is 5.44. The SMILES string of the molecule is Nc1nc2cc(F)c(C(=O)N3CCOCC3c3cccc(C(F)F)n3)cc2n2cncc12. The molecule has 1 amide bonds. The van der Waals surface area contributed by atoms with Crippen molar-refractivity contribution in [2.75, 3.05) is 25.5 Å². The summed E-state index contributed by atoms with van der Waals surface area (Å²) in [6.07, 6.45) is 0.268. The van der Waals surface area contributed by atoms with Gasteiger partial charge in [0.15, 0.2) is 0 Å². The van der Waals surface area contributed by atoms with Gasteiger partial charge in [0.1, 0.15) is 22.8 Å². The van der Waals surface area contributed by atoms with Crippen molar-refractivity contribution in [3.05, 3.63) is 65.6 Å². The Morgan fingerprint density at radius 2 is 2.06 bits per heavy atom. The minimum atomic E-state index is -2.75. The Labute approximate surface area is 179 Å². The first-order valence-corrected chi connectivity index (χ1v) is 9.78. The fraction of sp³-hybridized carbons (Fsp3) is 0.238. The number of aromatic nitrogens is 4. The number of hydrogen-bond acceptors (Lipinski definition) is 6. The molecule has 0 spiro atoms. The molecule has 1 aliphatic rings. The number of halogens is 3. The Morgan fingerprint density at radius 3 is 2.88 bits per heavy atom. The van der Waals surface area contributed by atoms with Crippen LogP contribution in [-0.2, 0) is 4.74 Å². The number of nitrogens with zero attached hydrogens (tertiary/aromatic N) is 5. The molecule has 0 saturated carbocycles. The summed E-state index contributed by atoms with van der Waals surface area (Å²) >= 11 is 0. The molecule has 0 bridgehead atoms. The Kier molecular flexibility index (Phi) is 4.89. The van der Waals surface area contributed by atoms with E-state index in [1.165, 1.54) is 35.6 Å². The van der Waals surface area contributed by atoms with E-state index in [0.29, 0.717) is 11.0 Å². The lowest BCUT2D eigenvalue weighted by atomic mass is 10.1. The molecule has 2 N–H and O–H groups in total. The van der Waals surface area contributed by atoms with Crippen LogP contribution in [0.15, 0.2) is 42.9 Å². The Hall–Kier alpha value is -3.73. The van der Waals surface area contributed by atoms with Crippen molar-refractivity contribution in [3.63, 3.8) is 0 Å². The molecule has 1 aromatic carbocycles. The number of nitrogens with two attached hydrogens (primary N) is 1. The first-order valence-electron chi connectivity index (χ1n) is 9.78. The van der Waals surface area contributed by atoms with Gasteiger partial charge in [-0.15, -0.1) is 0 Å². The Balaban J connectivity index is 1.58. The number of amides is 1. The highest BCUT2D eigenvalue weighted by molar-refractivity contribution is 5.98. The van der Waals surface area contributed by atoms with Gasteiger partial charge in [0.25, 0.3) is 12.3 Å². The summed E-state index contributed by atoms with van der Waals surface area (Å²) in [6.45, 7) is 0.447. The molecule has 1 unspecified atom stereocenters. The van der Waals surface area contributed by atoms with Crippen LogP contribution in [0.4, 0.5) is 19.0 Å². The number of pyridine rings is 1. The number of carbonyl (C=O) groups is 1. The number of anilines is 1. The quantitative estimate of drug-likeness (QED) is 0.523. The van der Waals surface area contributed by atoms with Crippen LogP contribution in [0.3, 0.4) is 0 Å². The summed E-state index contributed by atoms with van der Waals surface area (Å²) < 4.78 is 48.3. The van der Waals surface area contributed by atoms with E-state index >= 15 is 0 Å². The predicted octanol–water partition coefficient (Wildman–Crippen LogP) is 3.15. The van der Waals surface area contributed by atoms with Gasteiger partial charge in [0.2, 0.25) is 0 Å². The molecule has 1 fully saturated rings. The van der Waals surface area contributed by atoms with E-state index in [-0.39, 0.29) is 42.4 Å². The van der Waals surface area contributed by atoms with Crippen molar-refractivity contribution in [2.45, 2.75) is 12.5 Å². The fourth-order valence-electron chi connectivity index (χ4n) is 3.88. The van der Waals surface area contributed by atoms with Crippen LogP contribution in [0.1, 0.15) is 34.2 Å². The monoisotopic (exact) mass is 442 g/mol. The summed E-state index contributed by atoms with van der Waals surface area (Å²) in [5.41, 5.74) is 6.83. The molecule has 8 nitrogen and oxygen atoms in total. The third kappa shape index (κ3) is 3.30. The second-order valence-electron chi connectivity index (χ2n) is 7.34. The van der Waals surface area contributed by atoms with Gasteiger partial charge in [-0.05, 0) is 18.2 Å². The van der Waals surface area contributed by atoms with Gasteiger partial charge >= 0.3 is 0 Å². The minimum Gasteiger partial charge on any atom is -0.382 e. The fourth-order valence-corrected chi connectivity index (χ4v) is 3.88. The topological polar surface area (TPSA) is 98.6 Å². The summed E-state index contributed by atoms with van der Waals surface area (Å²) in [5.74, 6) is -1.19. The first kappa shape index (κ1) is 20.2. The molecule has 4 aromatic rings. The number of morpholine rings is 1. The molecule has 1 atom stereocenters. The zero-order valence-corrected chi connectivity index (χ0v) is 16.6. The zero-order valence-electron chi connectivity index (χ0n) is 16.6. The van der Waals surface area contributed by atoms with Crippen molar-refractivity contribution >= 4 is 28.3 Å². The van der Waals surface area contributed by atoms with Gasteiger partial charge in [-0.3, -0.25) is 9.20 Å². The van der Waals surface area contributed by atoms with E-state index in [0.717, 1.165) is 6.07 Å². The molecule has 1 aliphatic heterocycles. The molecular formula is C21H17F3N6O2. The third-order valence-corrected chi connectivity index (χ3v) is 5.44. The largest absolute Gasteiger partial charge is 0.382 e. The summed E-state index contributed by atoms with van der Waals surface area (Å²) in [4.78, 5) is 27.0. The molecule has 5 rings (SSSR count). The Bertz CT molecular complexity index is 1340. The minimum absolute atomic E-state index is 0.0600. The molecule has 0 aliphatic carbocycles. The zero-order chi connectivity index (χ0) is 22.4. The first-order chi connectivity index (χ1) is 15.4. The van der Waals surface area contributed by atoms with Gasteiger partial charge < -0.3 is 15.4 Å². The molecule has 11 heteroatoms. The van der Waals surface area contributed by atoms with Crippen LogP contribution in [0.25, 0.3) is 16.6 Å². The number of ether oxygens (including phenoxy) is 1. The number of nitrogen functional groups attached to an aromatic ring is 1. The van der Waals surface area contributed by atoms with E-state index in [9.17, 15) is 18.0 Å². The lowest BCUT2D eigenvalue weighted by molar-refractivity contribution is -0.00434. The van der Waals surface area contributed by atoms with E-state index in [1.54, 1.807) is 10.5 Å². The summed E-state index contributed by atoms with van der Waals surface area (Å²) in [7, 11) is 0. The molecule has 1 saturated heterocycles. The number of hydrogen-bond donors (Lipinski definition) is 1. The Morgan fingerprint density at radius 1 is 1.22 bits per heavy atom. The standard InChI is InChI=1S/C21H17F3N6O2/c22-12-7-15-16(30-10-26-8-17(30)20(25)28-15)6-11(12)21(31)29-4-5-32-9-18(29)13-2-1-3-14(27-13)19(23)24/h1-3,6-8,10,18-19H,4-5,9H2,(H2,25,28). The normalized spacial score (nSPS) is 16.9. The number of fused-ring (bicyclic) bond motifs is 3. The number of imidazole rings is 1. The maximum Gasteiger partial charge on any atom is 0.280 e. The van der Waals surface area contributed by atoms with E-state index in [1.807, 2.05) is 0 Å². The second-order valence-corrected chi connectivity index (χ2v) is 7.34. The average Bonchev–Trinajstić information content (AvgIpc) is 3.29. The number of rotatable bonds is 3. The molecule has 32 heavy (non-hydrogen) atoms. The van der Waals surface area contributed by atoms with Gasteiger partial charge in [0, 0.05) is 12.6 Å². The molecule has 164 valence electrons. The number of benzene rings is 1. The van der Waals surface area contributed by atoms with Crippen molar-refractivity contribution in [1.82, 2.24) is 24.3 Å². The molecule has 4 heterocycles. The summed E-state index contributed by atoms with van der Waals surface area (Å²) in [5, 5.41) is 0. The van der Waals surface area contributed by atoms with Crippen molar-refractivity contribution in [1.29, 1.82) is 0 Å². The summed E-state index contributed by atoms with van der Waals surface area (Å²) in [6, 6.07) is 6.01. The van der Waals surface area contributed by atoms with Crippen LogP contribution in [0.2, 0.25) is 0 Å². The average molecular weight is 442 g/mol. The maximum absolute atomic E-state index is 15.0. The lowest BCUT2D eigenvalue weighted by Crippen LogP contribution is -2.44. The van der Waals surface area contributed by atoms with Crippen LogP contribution >= 0.6 is 0 Å². The smallest absolute Gasteiger partial charge is 0.280 e. The molecule has 3 aromatic heterocycles. The van der Waals surface area contributed by atoms with Gasteiger partial charge in [-0.25, -0.2) is 28.1 Å². The maximum atomic E-state index is 15.0. The molecular weight excluding hydrogens is 425 g/mol. The van der Waals surface area contributed by atoms with Crippen LogP contribution in [0.5, 0.6) is 0 Å². The predicted molar refractivity (Wildman–Crippen MR) is 109 cm³/mol. The van der Waals surface area contributed by atoms with Crippen LogP contribution in [0, 0.1) is 5.82 Å². The highest BCUT2D eigenvalue weighted by Gasteiger charge is 2.32. The van der Waals surface area contributed by atoms with Crippen LogP contribution < -0.4 is 5.73 Å². The van der Waals surface area contributed by atoms with Gasteiger partial charge in [-0.2, -0.15) is 0 Å². The molecule has 0 radical (unpaired) electrons. The van der Waals surface area contributed by atoms with Crippen molar-refractivity contribution < 1.29 is 22.7 Å². The van der Waals surface area contributed by atoms with E-state index < -0.39 is 29.9 Å². The van der Waals surface area contributed by atoms with Crippen molar-refractivity contribution in [3.8, 4) is 0 Å². The van der Waals surface area contributed by atoms with Gasteiger partial charge in [0.05, 0.1) is 54.1 Å². The van der Waals surface area contributed by atoms with E-state index in [4.69, 9.17) is 10.5 Å². The van der Waals surface area contributed by atoms with Gasteiger partial charge in [-0.1, -0.05) is 6.07 Å². The second kappa shape index (κ2) is 7.75. The number of alkyl halides is 2. The van der Waals surface area contributed by atoms with Crippen LogP contribution in [-0.4, -0.2) is 49.9 Å². The lowest BCUT2D eigenvalue weighted by Gasteiger charge is -2.35. The van der Waals surface area contributed by atoms with Crippen molar-refractivity contribution in [2.24, 2.45) is 0 Å². The number of carbonyl (C=O) groups excluding carboxylic acids is 1.